The minimum Gasteiger partial charge on any atom is -0.375 e. The Balaban J connectivity index is 2.12. The first-order valence-electron chi connectivity index (χ1n) is 5.74. The molecule has 0 spiro atoms. The third-order valence-electron chi connectivity index (χ3n) is 2.63. The van der Waals surface area contributed by atoms with Crippen LogP contribution >= 0.6 is 11.3 Å². The molecule has 96 valence electrons. The lowest BCUT2D eigenvalue weighted by Crippen LogP contribution is -2.03. The molecule has 1 aromatic carbocycles. The Labute approximate surface area is 109 Å². The molecule has 2 nitrogen and oxygen atoms in total. The van der Waals surface area contributed by atoms with Gasteiger partial charge in [-0.3, -0.25) is 0 Å². The van der Waals surface area contributed by atoms with Gasteiger partial charge in [0.2, 0.25) is 0 Å². The van der Waals surface area contributed by atoms with Crippen molar-refractivity contribution in [3.63, 3.8) is 0 Å². The third-order valence-corrected chi connectivity index (χ3v) is 3.77. The van der Waals surface area contributed by atoms with Crippen molar-refractivity contribution in [1.29, 1.82) is 0 Å². The zero-order valence-electron chi connectivity index (χ0n) is 10.3. The van der Waals surface area contributed by atoms with Gasteiger partial charge in [-0.15, -0.1) is 11.3 Å². The number of hydrogen-bond acceptors (Lipinski definition) is 3. The van der Waals surface area contributed by atoms with E-state index >= 15 is 0 Å². The summed E-state index contributed by atoms with van der Waals surface area (Å²) in [7, 11) is 0. The molecule has 0 radical (unpaired) electrons. The molecule has 0 fully saturated rings. The lowest BCUT2D eigenvalue weighted by atomic mass is 10.2. The predicted molar refractivity (Wildman–Crippen MR) is 69.9 cm³/mol. The number of anilines is 1. The Morgan fingerprint density at radius 1 is 1.33 bits per heavy atom. The lowest BCUT2D eigenvalue weighted by molar-refractivity contribution is 0.582. The Morgan fingerprint density at radius 3 is 2.78 bits per heavy atom. The largest absolute Gasteiger partial charge is 0.375 e. The Bertz CT molecular complexity index is 552. The molecule has 0 aliphatic rings. The molecule has 0 amide bonds. The van der Waals surface area contributed by atoms with E-state index < -0.39 is 11.6 Å². The molecule has 18 heavy (non-hydrogen) atoms. The molecule has 1 heterocycles. The van der Waals surface area contributed by atoms with Crippen molar-refractivity contribution in [1.82, 2.24) is 4.98 Å². The molecule has 0 atom stereocenters. The summed E-state index contributed by atoms with van der Waals surface area (Å²) in [6.07, 6.45) is 2.61. The highest BCUT2D eigenvalue weighted by Crippen LogP contribution is 2.23. The summed E-state index contributed by atoms with van der Waals surface area (Å²) < 4.78 is 27.2. The van der Waals surface area contributed by atoms with Crippen molar-refractivity contribution < 1.29 is 8.78 Å². The van der Waals surface area contributed by atoms with Gasteiger partial charge in [0.25, 0.3) is 0 Å². The summed E-state index contributed by atoms with van der Waals surface area (Å²) in [5.74, 6) is -1.10. The molecule has 0 saturated heterocycles. The number of aryl methyl sites for hydroxylation is 2. The van der Waals surface area contributed by atoms with E-state index in [0.717, 1.165) is 16.3 Å². The van der Waals surface area contributed by atoms with Crippen LogP contribution in [0.15, 0.2) is 18.3 Å². The summed E-state index contributed by atoms with van der Waals surface area (Å²) in [6.45, 7) is 4.02. The summed E-state index contributed by atoms with van der Waals surface area (Å²) in [5.41, 5.74) is 0.360. The zero-order valence-corrected chi connectivity index (χ0v) is 11.1. The fraction of sp³-hybridized carbons (Fsp3) is 0.308. The van der Waals surface area contributed by atoms with Crippen molar-refractivity contribution in [2.24, 2.45) is 0 Å². The van der Waals surface area contributed by atoms with Crippen LogP contribution in [0.3, 0.4) is 0 Å². The van der Waals surface area contributed by atoms with Crippen LogP contribution in [-0.2, 0) is 13.0 Å². The fourth-order valence-electron chi connectivity index (χ4n) is 1.59. The fourth-order valence-corrected chi connectivity index (χ4v) is 2.39. The number of rotatable bonds is 4. The molecule has 0 bridgehead atoms. The van der Waals surface area contributed by atoms with E-state index in [0.29, 0.717) is 12.1 Å². The second-order valence-corrected chi connectivity index (χ2v) is 5.18. The first kappa shape index (κ1) is 13.0. The summed E-state index contributed by atoms with van der Waals surface area (Å²) in [5, 5.41) is 3.82. The van der Waals surface area contributed by atoms with Crippen LogP contribution in [0.25, 0.3) is 0 Å². The lowest BCUT2D eigenvalue weighted by Gasteiger charge is -2.09. The van der Waals surface area contributed by atoms with Gasteiger partial charge in [0, 0.05) is 11.1 Å². The monoisotopic (exact) mass is 268 g/mol. The maximum atomic E-state index is 13.7. The average molecular weight is 268 g/mol. The average Bonchev–Trinajstić information content (AvgIpc) is 2.82. The molecule has 2 aromatic rings. The number of aromatic nitrogens is 1. The first-order valence-corrected chi connectivity index (χ1v) is 6.55. The molecular formula is C13H14F2N2S. The van der Waals surface area contributed by atoms with E-state index in [-0.39, 0.29) is 5.69 Å². The SMILES string of the molecule is CCc1ncc(CNc2c(F)ccc(C)c2F)s1. The van der Waals surface area contributed by atoms with Crippen molar-refractivity contribution in [2.45, 2.75) is 26.8 Å². The maximum absolute atomic E-state index is 13.7. The molecule has 0 saturated carbocycles. The van der Waals surface area contributed by atoms with E-state index in [1.54, 1.807) is 24.5 Å². The molecule has 0 aliphatic heterocycles. The highest BCUT2D eigenvalue weighted by atomic mass is 32.1. The highest BCUT2D eigenvalue weighted by molar-refractivity contribution is 7.11. The van der Waals surface area contributed by atoms with Crippen LogP contribution in [0, 0.1) is 18.6 Å². The van der Waals surface area contributed by atoms with Gasteiger partial charge in [-0.2, -0.15) is 0 Å². The minimum absolute atomic E-state index is 0.0681. The van der Waals surface area contributed by atoms with Crippen LogP contribution in [0.5, 0.6) is 0 Å². The quantitative estimate of drug-likeness (QED) is 0.909. The van der Waals surface area contributed by atoms with E-state index in [9.17, 15) is 8.78 Å². The Morgan fingerprint density at radius 2 is 2.11 bits per heavy atom. The number of thiazole rings is 1. The first-order chi connectivity index (χ1) is 8.61. The molecule has 1 N–H and O–H groups in total. The molecule has 5 heteroatoms. The van der Waals surface area contributed by atoms with Crippen LogP contribution in [-0.4, -0.2) is 4.98 Å². The number of benzene rings is 1. The van der Waals surface area contributed by atoms with Crippen LogP contribution in [0.2, 0.25) is 0 Å². The number of nitrogens with zero attached hydrogens (tertiary/aromatic N) is 1. The van der Waals surface area contributed by atoms with Crippen LogP contribution in [0.4, 0.5) is 14.5 Å². The van der Waals surface area contributed by atoms with E-state index in [4.69, 9.17) is 0 Å². The van der Waals surface area contributed by atoms with Crippen molar-refractivity contribution >= 4 is 17.0 Å². The molecule has 0 unspecified atom stereocenters. The van der Waals surface area contributed by atoms with Crippen LogP contribution in [0.1, 0.15) is 22.4 Å². The van der Waals surface area contributed by atoms with E-state index in [1.807, 2.05) is 6.92 Å². The normalized spacial score (nSPS) is 10.7. The number of nitrogens with one attached hydrogen (secondary N) is 1. The van der Waals surface area contributed by atoms with Gasteiger partial charge >= 0.3 is 0 Å². The van der Waals surface area contributed by atoms with Crippen molar-refractivity contribution in [2.75, 3.05) is 5.32 Å². The third kappa shape index (κ3) is 2.67. The Kier molecular flexibility index (Phi) is 3.91. The topological polar surface area (TPSA) is 24.9 Å². The Hall–Kier alpha value is -1.49. The summed E-state index contributed by atoms with van der Waals surface area (Å²) in [6, 6.07) is 2.70. The smallest absolute Gasteiger partial charge is 0.152 e. The minimum atomic E-state index is -0.571. The second kappa shape index (κ2) is 5.44. The van der Waals surface area contributed by atoms with Crippen molar-refractivity contribution in [3.05, 3.63) is 45.4 Å². The molecular weight excluding hydrogens is 254 g/mol. The summed E-state index contributed by atoms with van der Waals surface area (Å²) >= 11 is 1.55. The van der Waals surface area contributed by atoms with Gasteiger partial charge in [-0.05, 0) is 25.0 Å². The number of halogens is 2. The molecule has 2 rings (SSSR count). The summed E-state index contributed by atoms with van der Waals surface area (Å²) in [4.78, 5) is 5.17. The van der Waals surface area contributed by atoms with Gasteiger partial charge in [-0.25, -0.2) is 13.8 Å². The molecule has 0 aliphatic carbocycles. The van der Waals surface area contributed by atoms with Gasteiger partial charge in [-0.1, -0.05) is 13.0 Å². The van der Waals surface area contributed by atoms with E-state index in [2.05, 4.69) is 10.3 Å². The maximum Gasteiger partial charge on any atom is 0.152 e. The van der Waals surface area contributed by atoms with E-state index in [1.165, 1.54) is 12.1 Å². The van der Waals surface area contributed by atoms with Gasteiger partial charge in [0.15, 0.2) is 5.82 Å². The van der Waals surface area contributed by atoms with Gasteiger partial charge in [0.05, 0.1) is 11.6 Å². The highest BCUT2D eigenvalue weighted by Gasteiger charge is 2.11. The zero-order chi connectivity index (χ0) is 13.1. The van der Waals surface area contributed by atoms with Gasteiger partial charge in [0.1, 0.15) is 11.5 Å². The standard InChI is InChI=1S/C13H14F2N2S/c1-3-11-16-6-9(18-11)7-17-13-10(14)5-4-8(2)12(13)15/h4-6,17H,3,7H2,1-2H3. The molecule has 1 aromatic heterocycles. The second-order valence-electron chi connectivity index (χ2n) is 3.98. The van der Waals surface area contributed by atoms with Crippen molar-refractivity contribution in [3.8, 4) is 0 Å². The predicted octanol–water partition coefficient (Wildman–Crippen LogP) is 3.90. The van der Waals surface area contributed by atoms with Crippen LogP contribution < -0.4 is 5.32 Å². The number of hydrogen-bond donors (Lipinski definition) is 1. The van der Waals surface area contributed by atoms with Gasteiger partial charge < -0.3 is 5.32 Å².